The van der Waals surface area contributed by atoms with Gasteiger partial charge in [-0.2, -0.15) is 0 Å². The maximum Gasteiger partial charge on any atom is 0.0931 e. The fraction of sp³-hybridized carbons (Fsp3) is 0.182. The Bertz CT molecular complexity index is 427. The van der Waals surface area contributed by atoms with Crippen molar-refractivity contribution in [2.45, 2.75) is 13.8 Å². The van der Waals surface area contributed by atoms with E-state index < -0.39 is 0 Å². The van der Waals surface area contributed by atoms with Gasteiger partial charge in [-0.25, -0.2) is 0 Å². The Labute approximate surface area is 92.3 Å². The maximum atomic E-state index is 5.73. The van der Waals surface area contributed by atoms with Crippen molar-refractivity contribution < 1.29 is 0 Å². The molecule has 2 N–H and O–H groups in total. The fourth-order valence-electron chi connectivity index (χ4n) is 1.16. The Hall–Kier alpha value is -1.09. The van der Waals surface area contributed by atoms with Crippen LogP contribution in [0.1, 0.15) is 13.8 Å². The molecule has 14 heavy (non-hydrogen) atoms. The van der Waals surface area contributed by atoms with Gasteiger partial charge < -0.3 is 5.73 Å². The third kappa shape index (κ3) is 2.23. The van der Waals surface area contributed by atoms with Crippen LogP contribution in [0, 0.1) is 0 Å². The van der Waals surface area contributed by atoms with Crippen molar-refractivity contribution in [2.75, 3.05) is 5.73 Å². The molecule has 2 nitrogen and oxygen atoms in total. The van der Waals surface area contributed by atoms with Gasteiger partial charge >= 0.3 is 0 Å². The molecule has 0 saturated heterocycles. The van der Waals surface area contributed by atoms with Crippen LogP contribution in [0.5, 0.6) is 0 Å². The van der Waals surface area contributed by atoms with Crippen LogP contribution >= 0.6 is 15.9 Å². The standard InChI is InChI=1S/C9H7BrN2.C2H6/c10-7-4-6-2-1-3-8(11)9(6)12-5-7;1-2/h1-5H,11H2;1-2H3. The van der Waals surface area contributed by atoms with Crippen molar-refractivity contribution >= 4 is 32.5 Å². The lowest BCUT2D eigenvalue weighted by Crippen LogP contribution is -1.88. The van der Waals surface area contributed by atoms with E-state index in [-0.39, 0.29) is 0 Å². The van der Waals surface area contributed by atoms with E-state index >= 15 is 0 Å². The molecule has 1 heterocycles. The molecule has 2 rings (SSSR count). The van der Waals surface area contributed by atoms with Crippen LogP contribution in [0.2, 0.25) is 0 Å². The number of rotatable bonds is 0. The summed E-state index contributed by atoms with van der Waals surface area (Å²) < 4.78 is 0.973. The molecule has 0 aliphatic carbocycles. The highest BCUT2D eigenvalue weighted by Gasteiger charge is 1.97. The Morgan fingerprint density at radius 1 is 1.29 bits per heavy atom. The van der Waals surface area contributed by atoms with Crippen LogP contribution in [0.25, 0.3) is 10.9 Å². The van der Waals surface area contributed by atoms with Gasteiger partial charge in [0, 0.05) is 16.1 Å². The van der Waals surface area contributed by atoms with E-state index in [0.717, 1.165) is 21.1 Å². The second-order valence-corrected chi connectivity index (χ2v) is 3.49. The van der Waals surface area contributed by atoms with Crippen molar-refractivity contribution in [1.29, 1.82) is 0 Å². The molecular weight excluding hydrogens is 240 g/mol. The lowest BCUT2D eigenvalue weighted by Gasteiger charge is -1.99. The largest absolute Gasteiger partial charge is 0.397 e. The molecule has 0 amide bonds. The van der Waals surface area contributed by atoms with E-state index in [0.29, 0.717) is 0 Å². The van der Waals surface area contributed by atoms with Gasteiger partial charge in [-0.1, -0.05) is 26.0 Å². The van der Waals surface area contributed by atoms with Gasteiger partial charge in [0.1, 0.15) is 0 Å². The summed E-state index contributed by atoms with van der Waals surface area (Å²) in [7, 11) is 0. The van der Waals surface area contributed by atoms with Gasteiger partial charge in [-0.3, -0.25) is 4.98 Å². The van der Waals surface area contributed by atoms with Gasteiger partial charge in [-0.15, -0.1) is 0 Å². The first-order chi connectivity index (χ1) is 6.77. The van der Waals surface area contributed by atoms with Gasteiger partial charge in [0.25, 0.3) is 0 Å². The van der Waals surface area contributed by atoms with Crippen LogP contribution < -0.4 is 5.73 Å². The minimum Gasteiger partial charge on any atom is -0.397 e. The van der Waals surface area contributed by atoms with E-state index in [1.165, 1.54) is 0 Å². The molecule has 0 radical (unpaired) electrons. The number of anilines is 1. The van der Waals surface area contributed by atoms with Gasteiger partial charge in [0.05, 0.1) is 11.2 Å². The highest BCUT2D eigenvalue weighted by atomic mass is 79.9. The van der Waals surface area contributed by atoms with E-state index in [1.807, 2.05) is 38.1 Å². The Balaban J connectivity index is 0.000000461. The summed E-state index contributed by atoms with van der Waals surface area (Å²) in [5.74, 6) is 0. The number of pyridine rings is 1. The molecule has 2 aromatic rings. The average Bonchev–Trinajstić information content (AvgIpc) is 2.21. The summed E-state index contributed by atoms with van der Waals surface area (Å²) in [4.78, 5) is 4.21. The predicted octanol–water partition coefficient (Wildman–Crippen LogP) is 3.61. The summed E-state index contributed by atoms with van der Waals surface area (Å²) in [6.07, 6.45) is 1.75. The highest BCUT2D eigenvalue weighted by Crippen LogP contribution is 2.21. The second-order valence-electron chi connectivity index (χ2n) is 2.57. The van der Waals surface area contributed by atoms with Crippen molar-refractivity contribution in [3.05, 3.63) is 34.9 Å². The molecule has 0 saturated carbocycles. The van der Waals surface area contributed by atoms with Crippen LogP contribution in [0.15, 0.2) is 34.9 Å². The number of hydrogen-bond acceptors (Lipinski definition) is 2. The van der Waals surface area contributed by atoms with Crippen LogP contribution in [0.4, 0.5) is 5.69 Å². The lowest BCUT2D eigenvalue weighted by molar-refractivity contribution is 1.39. The number of para-hydroxylation sites is 1. The number of nitrogens with zero attached hydrogens (tertiary/aromatic N) is 1. The number of halogens is 1. The lowest BCUT2D eigenvalue weighted by atomic mass is 10.2. The first-order valence-corrected chi connectivity index (χ1v) is 5.36. The topological polar surface area (TPSA) is 38.9 Å². The van der Waals surface area contributed by atoms with E-state index in [1.54, 1.807) is 6.20 Å². The molecule has 0 unspecified atom stereocenters. The number of fused-ring (bicyclic) bond motifs is 1. The molecule has 0 spiro atoms. The minimum atomic E-state index is 0.722. The molecule has 0 bridgehead atoms. The molecule has 0 aliphatic rings. The van der Waals surface area contributed by atoms with Crippen molar-refractivity contribution in [3.63, 3.8) is 0 Å². The van der Waals surface area contributed by atoms with Gasteiger partial charge in [0.2, 0.25) is 0 Å². The van der Waals surface area contributed by atoms with Gasteiger partial charge in [0.15, 0.2) is 0 Å². The Morgan fingerprint density at radius 3 is 2.71 bits per heavy atom. The van der Waals surface area contributed by atoms with Crippen LogP contribution in [0.3, 0.4) is 0 Å². The molecule has 1 aromatic carbocycles. The first kappa shape index (κ1) is 11.0. The van der Waals surface area contributed by atoms with Crippen LogP contribution in [-0.2, 0) is 0 Å². The number of aromatic nitrogens is 1. The third-order valence-electron chi connectivity index (χ3n) is 1.71. The third-order valence-corrected chi connectivity index (χ3v) is 2.14. The van der Waals surface area contributed by atoms with Crippen molar-refractivity contribution in [2.24, 2.45) is 0 Å². The number of nitrogen functional groups attached to an aromatic ring is 1. The van der Waals surface area contributed by atoms with Crippen molar-refractivity contribution in [3.8, 4) is 0 Å². The zero-order valence-corrected chi connectivity index (χ0v) is 9.88. The molecule has 3 heteroatoms. The normalized spacial score (nSPS) is 9.36. The summed E-state index contributed by atoms with van der Waals surface area (Å²) in [6.45, 7) is 4.00. The number of benzene rings is 1. The zero-order valence-electron chi connectivity index (χ0n) is 8.29. The first-order valence-electron chi connectivity index (χ1n) is 4.57. The summed E-state index contributed by atoms with van der Waals surface area (Å²) in [5, 5.41) is 1.06. The van der Waals surface area contributed by atoms with E-state index in [9.17, 15) is 0 Å². The minimum absolute atomic E-state index is 0.722. The van der Waals surface area contributed by atoms with E-state index in [2.05, 4.69) is 20.9 Å². The maximum absolute atomic E-state index is 5.73. The predicted molar refractivity (Wildman–Crippen MR) is 65.2 cm³/mol. The quantitative estimate of drug-likeness (QED) is 0.728. The molecular formula is C11H13BrN2. The molecule has 0 atom stereocenters. The second kappa shape index (κ2) is 4.96. The summed E-state index contributed by atoms with van der Waals surface area (Å²) in [5.41, 5.74) is 7.31. The summed E-state index contributed by atoms with van der Waals surface area (Å²) in [6, 6.07) is 7.76. The smallest absolute Gasteiger partial charge is 0.0931 e. The van der Waals surface area contributed by atoms with Gasteiger partial charge in [-0.05, 0) is 28.1 Å². The average molecular weight is 253 g/mol. The number of hydrogen-bond donors (Lipinski definition) is 1. The highest BCUT2D eigenvalue weighted by molar-refractivity contribution is 9.10. The SMILES string of the molecule is CC.Nc1cccc2cc(Br)cnc12. The van der Waals surface area contributed by atoms with Crippen molar-refractivity contribution in [1.82, 2.24) is 4.98 Å². The molecule has 0 fully saturated rings. The molecule has 1 aromatic heterocycles. The monoisotopic (exact) mass is 252 g/mol. The summed E-state index contributed by atoms with van der Waals surface area (Å²) >= 11 is 3.35. The Morgan fingerprint density at radius 2 is 2.00 bits per heavy atom. The fourth-order valence-corrected chi connectivity index (χ4v) is 1.51. The Kier molecular flexibility index (Phi) is 3.89. The molecule has 0 aliphatic heterocycles. The van der Waals surface area contributed by atoms with E-state index in [4.69, 9.17) is 5.73 Å². The molecule has 74 valence electrons. The number of nitrogens with two attached hydrogens (primary N) is 1. The van der Waals surface area contributed by atoms with Crippen LogP contribution in [-0.4, -0.2) is 4.98 Å². The zero-order chi connectivity index (χ0) is 10.6.